The minimum absolute atomic E-state index is 0.231. The first kappa shape index (κ1) is 30.7. The molecule has 0 heterocycles. The van der Waals surface area contributed by atoms with Crippen LogP contribution in [0.1, 0.15) is 26.2 Å². The van der Waals surface area contributed by atoms with Gasteiger partial charge in [0.15, 0.2) is 0 Å². The van der Waals surface area contributed by atoms with E-state index in [0.29, 0.717) is 0 Å². The van der Waals surface area contributed by atoms with Crippen molar-refractivity contribution in [2.24, 2.45) is 17.8 Å². The first-order valence-electron chi connectivity index (χ1n) is 9.61. The molecule has 0 aromatic heterocycles. The lowest BCUT2D eigenvalue weighted by Gasteiger charge is -2.44. The van der Waals surface area contributed by atoms with Crippen LogP contribution in [-0.4, -0.2) is 53.3 Å². The summed E-state index contributed by atoms with van der Waals surface area (Å²) in [6.45, 7) is -1.60. The van der Waals surface area contributed by atoms with Crippen molar-refractivity contribution in [1.82, 2.24) is 0 Å². The molecule has 0 amide bonds. The van der Waals surface area contributed by atoms with E-state index >= 15 is 0 Å². The second-order valence-electron chi connectivity index (χ2n) is 8.89. The summed E-state index contributed by atoms with van der Waals surface area (Å²) in [6.07, 6.45) is -10.9. The molecule has 4 atom stereocenters. The van der Waals surface area contributed by atoms with Gasteiger partial charge in [0, 0.05) is 5.92 Å². The first-order chi connectivity index (χ1) is 15.5. The zero-order valence-electron chi connectivity index (χ0n) is 17.3. The maximum Gasteiger partial charge on any atom is 0.457 e. The summed E-state index contributed by atoms with van der Waals surface area (Å²) in [5, 5.41) is 0. The van der Waals surface area contributed by atoms with E-state index in [1.807, 2.05) is 0 Å². The summed E-state index contributed by atoms with van der Waals surface area (Å²) in [5.74, 6) is -55.4. The quantitative estimate of drug-likeness (QED) is 0.193. The van der Waals surface area contributed by atoms with Gasteiger partial charge in [0.25, 0.3) is 0 Å². The highest BCUT2D eigenvalue weighted by atomic mass is 19.4. The second-order valence-corrected chi connectivity index (χ2v) is 8.89. The molecule has 2 rings (SSSR count). The average Bonchev–Trinajstić information content (AvgIpc) is 3.29. The molecule has 36 heavy (non-hydrogen) atoms. The molecule has 2 aliphatic carbocycles. The first-order valence-corrected chi connectivity index (χ1v) is 9.61. The molecule has 0 aromatic carbocycles. The summed E-state index contributed by atoms with van der Waals surface area (Å²) < 4.78 is 245. The normalized spacial score (nSPS) is 26.5. The molecular formula is C18H14F18. The number of hydrogen-bond donors (Lipinski definition) is 0. The Labute approximate surface area is 189 Å². The Balaban J connectivity index is 2.45. The fourth-order valence-electron chi connectivity index (χ4n) is 4.16. The van der Waals surface area contributed by atoms with Crippen molar-refractivity contribution in [2.75, 3.05) is 0 Å². The van der Waals surface area contributed by atoms with Crippen LogP contribution in [0.15, 0.2) is 12.2 Å². The third-order valence-corrected chi connectivity index (χ3v) is 6.46. The van der Waals surface area contributed by atoms with Gasteiger partial charge in [-0.3, -0.25) is 0 Å². The Morgan fingerprint density at radius 3 is 1.36 bits per heavy atom. The van der Waals surface area contributed by atoms with Crippen molar-refractivity contribution in [1.29, 1.82) is 0 Å². The molecular weight excluding hydrogens is 558 g/mol. The van der Waals surface area contributed by atoms with Crippen LogP contribution in [-0.2, 0) is 0 Å². The predicted molar refractivity (Wildman–Crippen MR) is 83.7 cm³/mol. The lowest BCUT2D eigenvalue weighted by atomic mass is 9.80. The van der Waals surface area contributed by atoms with Gasteiger partial charge in [-0.1, -0.05) is 12.2 Å². The third kappa shape index (κ3) is 3.93. The fourth-order valence-corrected chi connectivity index (χ4v) is 4.16. The summed E-state index contributed by atoms with van der Waals surface area (Å²) in [7, 11) is 0. The van der Waals surface area contributed by atoms with Gasteiger partial charge in [0.1, 0.15) is 0 Å². The van der Waals surface area contributed by atoms with E-state index in [0.717, 1.165) is 6.08 Å². The Kier molecular flexibility index (Phi) is 6.82. The van der Waals surface area contributed by atoms with Gasteiger partial charge in [-0.25, -0.2) is 4.39 Å². The van der Waals surface area contributed by atoms with Crippen molar-refractivity contribution >= 4 is 0 Å². The lowest BCUT2D eigenvalue weighted by molar-refractivity contribution is -0.414. The molecule has 0 aromatic rings. The molecule has 0 radical (unpaired) electrons. The Bertz CT molecular complexity index is 864. The van der Waals surface area contributed by atoms with Crippen molar-refractivity contribution in [3.05, 3.63) is 12.2 Å². The van der Waals surface area contributed by atoms with Crippen LogP contribution in [0, 0.1) is 17.8 Å². The highest BCUT2D eigenvalue weighted by Crippen LogP contribution is 2.63. The number of alkyl halides is 18. The Morgan fingerprint density at radius 1 is 0.556 bits per heavy atom. The van der Waals surface area contributed by atoms with Crippen molar-refractivity contribution in [2.45, 2.75) is 79.5 Å². The molecule has 0 nitrogen and oxygen atoms in total. The smallest absolute Gasteiger partial charge is 0.230 e. The highest BCUT2D eigenvalue weighted by Gasteiger charge is 2.89. The topological polar surface area (TPSA) is 0 Å². The van der Waals surface area contributed by atoms with E-state index in [4.69, 9.17) is 0 Å². The number of halogens is 18. The maximum atomic E-state index is 14.3. The third-order valence-electron chi connectivity index (χ3n) is 6.46. The fraction of sp³-hybridized carbons (Fsp3) is 0.889. The number of rotatable bonds is 9. The molecule has 212 valence electrons. The number of fused-ring (bicyclic) bond motifs is 2. The largest absolute Gasteiger partial charge is 0.457 e. The van der Waals surface area contributed by atoms with Gasteiger partial charge < -0.3 is 0 Å². The predicted octanol–water partition coefficient (Wildman–Crippen LogP) is 8.33. The van der Waals surface area contributed by atoms with Gasteiger partial charge in [-0.05, 0) is 31.6 Å². The molecule has 4 unspecified atom stereocenters. The van der Waals surface area contributed by atoms with Gasteiger partial charge in [0.2, 0.25) is 5.67 Å². The Hall–Kier alpha value is -1.52. The van der Waals surface area contributed by atoms with E-state index in [1.165, 1.54) is 6.08 Å². The standard InChI is InChI=1S/C18H14F18/c1-10(19,15(28,29)18(34,35)36)14(26,27)17(32,33)12(22,23)6-11(20,21)16(30,31)13(24,25)9-5-7-2-3-8(9)4-7/h2-3,7-9H,4-6H2,1H3. The van der Waals surface area contributed by atoms with E-state index in [-0.39, 0.29) is 6.42 Å². The average molecular weight is 572 g/mol. The molecule has 0 N–H and O–H groups in total. The Morgan fingerprint density at radius 2 is 1.00 bits per heavy atom. The monoisotopic (exact) mass is 572 g/mol. The molecule has 1 fully saturated rings. The molecule has 2 aliphatic rings. The van der Waals surface area contributed by atoms with Crippen molar-refractivity contribution < 1.29 is 79.0 Å². The minimum atomic E-state index is -7.94. The molecule has 0 spiro atoms. The molecule has 18 heteroatoms. The second kappa shape index (κ2) is 7.99. The van der Waals surface area contributed by atoms with Gasteiger partial charge in [-0.2, -0.15) is 74.6 Å². The molecule has 1 saturated carbocycles. The van der Waals surface area contributed by atoms with Crippen LogP contribution < -0.4 is 0 Å². The number of allylic oxidation sites excluding steroid dienone is 2. The van der Waals surface area contributed by atoms with Crippen LogP contribution in [0.3, 0.4) is 0 Å². The lowest BCUT2D eigenvalue weighted by Crippen LogP contribution is -2.71. The maximum absolute atomic E-state index is 14.3. The molecule has 2 bridgehead atoms. The zero-order chi connectivity index (χ0) is 28.8. The van der Waals surface area contributed by atoms with E-state index in [9.17, 15) is 79.0 Å². The van der Waals surface area contributed by atoms with Gasteiger partial charge in [0.05, 0.1) is 6.42 Å². The van der Waals surface area contributed by atoms with Crippen LogP contribution in [0.4, 0.5) is 79.0 Å². The van der Waals surface area contributed by atoms with Crippen molar-refractivity contribution in [3.63, 3.8) is 0 Å². The summed E-state index contributed by atoms with van der Waals surface area (Å²) in [4.78, 5) is 0. The van der Waals surface area contributed by atoms with Crippen LogP contribution in [0.5, 0.6) is 0 Å². The number of hydrogen-bond acceptors (Lipinski definition) is 0. The van der Waals surface area contributed by atoms with E-state index in [2.05, 4.69) is 0 Å². The highest BCUT2D eigenvalue weighted by molar-refractivity contribution is 5.17. The SMILES string of the molecule is CC(F)(C(F)(F)C(F)(F)F)C(F)(F)C(F)(F)C(F)(F)CC(F)(F)C(F)(F)C(F)(F)C1CC2C=CC1C2. The summed E-state index contributed by atoms with van der Waals surface area (Å²) in [5.41, 5.74) is -6.96. The molecule has 0 aliphatic heterocycles. The summed E-state index contributed by atoms with van der Waals surface area (Å²) in [6, 6.07) is 0. The summed E-state index contributed by atoms with van der Waals surface area (Å²) >= 11 is 0. The van der Waals surface area contributed by atoms with Gasteiger partial charge >= 0.3 is 47.6 Å². The van der Waals surface area contributed by atoms with Crippen LogP contribution in [0.2, 0.25) is 0 Å². The van der Waals surface area contributed by atoms with Crippen LogP contribution >= 0.6 is 0 Å². The van der Waals surface area contributed by atoms with E-state index in [1.54, 1.807) is 0 Å². The van der Waals surface area contributed by atoms with Crippen LogP contribution in [0.25, 0.3) is 0 Å². The zero-order valence-corrected chi connectivity index (χ0v) is 17.3. The van der Waals surface area contributed by atoms with E-state index < -0.39 is 90.8 Å². The van der Waals surface area contributed by atoms with Gasteiger partial charge in [-0.15, -0.1) is 0 Å². The molecule has 0 saturated heterocycles. The van der Waals surface area contributed by atoms with Crippen molar-refractivity contribution in [3.8, 4) is 0 Å². The minimum Gasteiger partial charge on any atom is -0.230 e.